The first-order chi connectivity index (χ1) is 13.1. The van der Waals surface area contributed by atoms with Crippen LogP contribution in [-0.2, 0) is 13.0 Å². The maximum atomic E-state index is 13.0. The Balaban J connectivity index is 1.40. The van der Waals surface area contributed by atoms with Gasteiger partial charge >= 0.3 is 0 Å². The number of hydrogen-bond acceptors (Lipinski definition) is 5. The highest BCUT2D eigenvalue weighted by molar-refractivity contribution is 5.97. The minimum Gasteiger partial charge on any atom is -0.445 e. The fraction of sp³-hybridized carbons (Fsp3) is 0.429. The molecule has 0 saturated heterocycles. The number of rotatable bonds is 2. The maximum Gasteiger partial charge on any atom is 0.254 e. The molecular weight excluding hydrogens is 340 g/mol. The van der Waals surface area contributed by atoms with Gasteiger partial charge < -0.3 is 9.32 Å². The summed E-state index contributed by atoms with van der Waals surface area (Å²) in [6.07, 6.45) is 4.32. The van der Waals surface area contributed by atoms with Crippen molar-refractivity contribution < 1.29 is 9.21 Å². The molecule has 1 saturated carbocycles. The Labute approximate surface area is 157 Å². The molecule has 1 fully saturated rings. The van der Waals surface area contributed by atoms with E-state index in [0.717, 1.165) is 46.2 Å². The molecule has 0 bridgehead atoms. The standard InChI is InChI=1S/C21H22N4O2/c1-12-13(2)23-17-10-15(6-7-16(17)22-12)21(26)25-9-8-19-18(11-25)24-20(27-19)14-4-3-5-14/h6-7,10,14H,3-5,8-9,11H2,1-2H3. The van der Waals surface area contributed by atoms with Gasteiger partial charge in [0.05, 0.1) is 29.0 Å². The van der Waals surface area contributed by atoms with E-state index in [0.29, 0.717) is 24.6 Å². The summed E-state index contributed by atoms with van der Waals surface area (Å²) >= 11 is 0. The summed E-state index contributed by atoms with van der Waals surface area (Å²) in [7, 11) is 0. The van der Waals surface area contributed by atoms with Crippen LogP contribution in [0, 0.1) is 13.8 Å². The van der Waals surface area contributed by atoms with Crippen LogP contribution >= 0.6 is 0 Å². The molecule has 6 heteroatoms. The Morgan fingerprint density at radius 2 is 1.89 bits per heavy atom. The van der Waals surface area contributed by atoms with Crippen molar-refractivity contribution in [2.45, 2.75) is 52.0 Å². The zero-order valence-corrected chi connectivity index (χ0v) is 15.7. The van der Waals surface area contributed by atoms with Gasteiger partial charge in [-0.05, 0) is 44.9 Å². The lowest BCUT2D eigenvalue weighted by Gasteiger charge is -2.25. The third kappa shape index (κ3) is 2.80. The summed E-state index contributed by atoms with van der Waals surface area (Å²) in [6, 6.07) is 5.56. The third-order valence-corrected chi connectivity index (χ3v) is 5.81. The molecule has 0 N–H and O–H groups in total. The summed E-state index contributed by atoms with van der Waals surface area (Å²) in [6.45, 7) is 5.05. The zero-order valence-electron chi connectivity index (χ0n) is 15.7. The van der Waals surface area contributed by atoms with Crippen molar-refractivity contribution >= 4 is 16.9 Å². The summed E-state index contributed by atoms with van der Waals surface area (Å²) in [5.41, 5.74) is 4.95. The van der Waals surface area contributed by atoms with Crippen LogP contribution in [0.15, 0.2) is 22.6 Å². The van der Waals surface area contributed by atoms with Gasteiger partial charge in [-0.25, -0.2) is 15.0 Å². The molecule has 3 heterocycles. The van der Waals surface area contributed by atoms with E-state index >= 15 is 0 Å². The van der Waals surface area contributed by atoms with Gasteiger partial charge in [-0.1, -0.05) is 6.42 Å². The van der Waals surface area contributed by atoms with Crippen LogP contribution < -0.4 is 0 Å². The first-order valence-corrected chi connectivity index (χ1v) is 9.61. The first kappa shape index (κ1) is 16.4. The van der Waals surface area contributed by atoms with Gasteiger partial charge in [0, 0.05) is 24.4 Å². The molecule has 2 aliphatic rings. The number of aromatic nitrogens is 3. The molecule has 2 aromatic heterocycles. The number of oxazole rings is 1. The lowest BCUT2D eigenvalue weighted by atomic mass is 9.85. The predicted molar refractivity (Wildman–Crippen MR) is 101 cm³/mol. The first-order valence-electron chi connectivity index (χ1n) is 9.61. The lowest BCUT2D eigenvalue weighted by Crippen LogP contribution is -2.35. The van der Waals surface area contributed by atoms with Crippen molar-refractivity contribution in [3.8, 4) is 0 Å². The van der Waals surface area contributed by atoms with Gasteiger partial charge in [0.1, 0.15) is 11.5 Å². The third-order valence-electron chi connectivity index (χ3n) is 5.81. The van der Waals surface area contributed by atoms with Crippen LogP contribution in [-0.4, -0.2) is 32.3 Å². The number of carbonyl (C=O) groups is 1. The highest BCUT2D eigenvalue weighted by atomic mass is 16.4. The maximum absolute atomic E-state index is 13.0. The number of benzene rings is 1. The van der Waals surface area contributed by atoms with E-state index in [4.69, 9.17) is 4.42 Å². The smallest absolute Gasteiger partial charge is 0.254 e. The number of amides is 1. The summed E-state index contributed by atoms with van der Waals surface area (Å²) in [5.74, 6) is 2.31. The number of hydrogen-bond donors (Lipinski definition) is 0. The topological polar surface area (TPSA) is 72.1 Å². The van der Waals surface area contributed by atoms with E-state index in [1.807, 2.05) is 36.9 Å². The summed E-state index contributed by atoms with van der Waals surface area (Å²) < 4.78 is 5.96. The van der Waals surface area contributed by atoms with Crippen LogP contribution in [0.5, 0.6) is 0 Å². The second-order valence-electron chi connectivity index (χ2n) is 7.62. The van der Waals surface area contributed by atoms with Crippen LogP contribution in [0.1, 0.15) is 64.3 Å². The number of nitrogens with zero attached hydrogens (tertiary/aromatic N) is 4. The van der Waals surface area contributed by atoms with E-state index in [-0.39, 0.29) is 5.91 Å². The molecule has 6 nitrogen and oxygen atoms in total. The SMILES string of the molecule is Cc1nc2ccc(C(=O)N3CCc4oc(C5CCC5)nc4C3)cc2nc1C. The molecule has 3 aromatic rings. The number of fused-ring (bicyclic) bond motifs is 2. The number of carbonyl (C=O) groups excluding carboxylic acids is 1. The molecule has 138 valence electrons. The average molecular weight is 362 g/mol. The Morgan fingerprint density at radius 1 is 1.11 bits per heavy atom. The average Bonchev–Trinajstić information content (AvgIpc) is 3.02. The molecule has 27 heavy (non-hydrogen) atoms. The van der Waals surface area contributed by atoms with Gasteiger partial charge in [0.25, 0.3) is 5.91 Å². The van der Waals surface area contributed by atoms with E-state index < -0.39 is 0 Å². The molecular formula is C21H22N4O2. The van der Waals surface area contributed by atoms with Crippen molar-refractivity contribution in [1.82, 2.24) is 19.9 Å². The van der Waals surface area contributed by atoms with Crippen LogP contribution in [0.25, 0.3) is 11.0 Å². The van der Waals surface area contributed by atoms with E-state index in [2.05, 4.69) is 15.0 Å². The van der Waals surface area contributed by atoms with E-state index in [1.54, 1.807) is 0 Å². The van der Waals surface area contributed by atoms with Crippen molar-refractivity contribution in [2.24, 2.45) is 0 Å². The van der Waals surface area contributed by atoms with Crippen molar-refractivity contribution in [1.29, 1.82) is 0 Å². The minimum atomic E-state index is 0.00997. The van der Waals surface area contributed by atoms with Crippen molar-refractivity contribution in [3.05, 3.63) is 52.5 Å². The Kier molecular flexibility index (Phi) is 3.74. The Bertz CT molecular complexity index is 1050. The monoisotopic (exact) mass is 362 g/mol. The largest absolute Gasteiger partial charge is 0.445 e. The molecule has 5 rings (SSSR count). The predicted octanol–water partition coefficient (Wildman–Crippen LogP) is 3.70. The van der Waals surface area contributed by atoms with Crippen molar-refractivity contribution in [3.63, 3.8) is 0 Å². The van der Waals surface area contributed by atoms with Gasteiger partial charge in [-0.3, -0.25) is 4.79 Å². The van der Waals surface area contributed by atoms with E-state index in [9.17, 15) is 4.79 Å². The molecule has 1 aliphatic carbocycles. The minimum absolute atomic E-state index is 0.00997. The van der Waals surface area contributed by atoms with Crippen LogP contribution in [0.4, 0.5) is 0 Å². The highest BCUT2D eigenvalue weighted by Gasteiger charge is 2.30. The van der Waals surface area contributed by atoms with Gasteiger partial charge in [0.15, 0.2) is 5.89 Å². The fourth-order valence-electron chi connectivity index (χ4n) is 3.77. The molecule has 0 spiro atoms. The van der Waals surface area contributed by atoms with Gasteiger partial charge in [-0.15, -0.1) is 0 Å². The number of aryl methyl sites for hydroxylation is 2. The Hall–Kier alpha value is -2.76. The molecule has 1 amide bonds. The zero-order chi connectivity index (χ0) is 18.5. The quantitative estimate of drug-likeness (QED) is 0.695. The lowest BCUT2D eigenvalue weighted by molar-refractivity contribution is 0.0728. The highest BCUT2D eigenvalue weighted by Crippen LogP contribution is 2.37. The van der Waals surface area contributed by atoms with E-state index in [1.165, 1.54) is 19.3 Å². The molecule has 0 atom stereocenters. The second kappa shape index (κ2) is 6.15. The normalized spacial score (nSPS) is 17.0. The molecule has 1 aromatic carbocycles. The summed E-state index contributed by atoms with van der Waals surface area (Å²) in [4.78, 5) is 28.7. The molecule has 0 radical (unpaired) electrons. The fourth-order valence-corrected chi connectivity index (χ4v) is 3.77. The second-order valence-corrected chi connectivity index (χ2v) is 7.62. The van der Waals surface area contributed by atoms with Crippen LogP contribution in [0.3, 0.4) is 0 Å². The van der Waals surface area contributed by atoms with Crippen LogP contribution in [0.2, 0.25) is 0 Å². The van der Waals surface area contributed by atoms with Gasteiger partial charge in [0.2, 0.25) is 0 Å². The molecule has 1 aliphatic heterocycles. The van der Waals surface area contributed by atoms with Crippen molar-refractivity contribution in [2.75, 3.05) is 6.54 Å². The Morgan fingerprint density at radius 3 is 2.63 bits per heavy atom. The van der Waals surface area contributed by atoms with Gasteiger partial charge in [-0.2, -0.15) is 0 Å². The molecule has 0 unspecified atom stereocenters. The summed E-state index contributed by atoms with van der Waals surface area (Å²) in [5, 5.41) is 0.